The smallest absolute Gasteiger partial charge is 0.119 e. The van der Waals surface area contributed by atoms with Gasteiger partial charge >= 0.3 is 0 Å². The summed E-state index contributed by atoms with van der Waals surface area (Å²) in [5, 5.41) is 20.5. The van der Waals surface area contributed by atoms with Gasteiger partial charge in [-0.1, -0.05) is 24.3 Å². The fraction of sp³-hybridized carbons (Fsp3) is 0.200. The maximum Gasteiger partial charge on any atom is 0.119 e. The van der Waals surface area contributed by atoms with E-state index in [0.29, 0.717) is 5.57 Å². The van der Waals surface area contributed by atoms with Crippen LogP contribution in [0, 0.1) is 16.7 Å². The van der Waals surface area contributed by atoms with Crippen molar-refractivity contribution in [2.75, 3.05) is 14.1 Å². The maximum atomic E-state index is 9.09. The van der Waals surface area contributed by atoms with Gasteiger partial charge in [0.2, 0.25) is 0 Å². The van der Waals surface area contributed by atoms with E-state index in [1.54, 1.807) is 0 Å². The largest absolute Gasteiger partial charge is 0.333 e. The summed E-state index contributed by atoms with van der Waals surface area (Å²) in [6.07, 6.45) is 1.10. The van der Waals surface area contributed by atoms with E-state index in [9.17, 15) is 0 Å². The van der Waals surface area contributed by atoms with Crippen molar-refractivity contribution >= 4 is 28.4 Å². The first-order valence-corrected chi connectivity index (χ1v) is 7.82. The molecule has 4 nitrogen and oxygen atoms in total. The average Bonchev–Trinajstić information content (AvgIpc) is 2.79. The molecule has 4 heteroatoms. The van der Waals surface area contributed by atoms with Gasteiger partial charge in [0.1, 0.15) is 11.9 Å². The molecule has 1 heterocycles. The molecular weight excluding hydrogens is 296 g/mol. The van der Waals surface area contributed by atoms with Gasteiger partial charge in [-0.2, -0.15) is 5.26 Å². The summed E-state index contributed by atoms with van der Waals surface area (Å²) in [5.41, 5.74) is 2.88. The van der Waals surface area contributed by atoms with E-state index < -0.39 is 0 Å². The van der Waals surface area contributed by atoms with Crippen LogP contribution in [0.25, 0.3) is 22.2 Å². The molecule has 1 aliphatic heterocycles. The number of nitrogens with one attached hydrogen (secondary N) is 1. The highest BCUT2D eigenvalue weighted by Crippen LogP contribution is 2.28. The van der Waals surface area contributed by atoms with Crippen LogP contribution in [0.1, 0.15) is 13.8 Å². The van der Waals surface area contributed by atoms with Crippen molar-refractivity contribution in [3.63, 3.8) is 0 Å². The first-order valence-electron chi connectivity index (χ1n) is 7.82. The molecule has 0 spiro atoms. The highest BCUT2D eigenvalue weighted by Gasteiger charge is 2.23. The van der Waals surface area contributed by atoms with Crippen LogP contribution in [0.2, 0.25) is 0 Å². The van der Waals surface area contributed by atoms with Gasteiger partial charge in [-0.25, -0.2) is 0 Å². The number of hydrogen-bond donors (Lipinski definition) is 1. The number of allylic oxidation sites excluding steroid dienone is 2. The Morgan fingerprint density at radius 1 is 1.00 bits per heavy atom. The highest BCUT2D eigenvalue weighted by molar-refractivity contribution is 6.07. The number of nitrogens with zero attached hydrogens (tertiary/aromatic N) is 3. The SMILES string of the molecule is CC1=C(C)N(C)C(=c2ccc3c/c(=C(/C#N)C=N)ccc3c2)N1C. The lowest BCUT2D eigenvalue weighted by molar-refractivity contribution is 0.517. The van der Waals surface area contributed by atoms with Crippen LogP contribution < -0.4 is 10.4 Å². The Kier molecular flexibility index (Phi) is 3.86. The Bertz CT molecular complexity index is 1020. The minimum absolute atomic E-state index is 0.376. The van der Waals surface area contributed by atoms with E-state index in [-0.39, 0.29) is 0 Å². The second kappa shape index (κ2) is 5.86. The van der Waals surface area contributed by atoms with Crippen LogP contribution in [0.3, 0.4) is 0 Å². The van der Waals surface area contributed by atoms with E-state index in [0.717, 1.165) is 27.4 Å². The zero-order valence-corrected chi connectivity index (χ0v) is 14.4. The fourth-order valence-corrected chi connectivity index (χ4v) is 3.15. The Hall–Kier alpha value is -3.06. The summed E-state index contributed by atoms with van der Waals surface area (Å²) in [5.74, 6) is 1.17. The molecule has 0 bridgehead atoms. The third-order valence-corrected chi connectivity index (χ3v) is 4.84. The quantitative estimate of drug-likeness (QED) is 0.822. The normalized spacial score (nSPS) is 15.9. The predicted molar refractivity (Wildman–Crippen MR) is 98.3 cm³/mol. The molecule has 0 unspecified atom stereocenters. The molecule has 0 amide bonds. The molecule has 1 N–H and O–H groups in total. The topological polar surface area (TPSA) is 54.1 Å². The summed E-state index contributed by atoms with van der Waals surface area (Å²) in [6, 6.07) is 14.3. The van der Waals surface area contributed by atoms with Gasteiger partial charge in [-0.05, 0) is 42.0 Å². The first-order chi connectivity index (χ1) is 11.5. The third-order valence-electron chi connectivity index (χ3n) is 4.84. The molecule has 3 rings (SSSR count). The van der Waals surface area contributed by atoms with Gasteiger partial charge in [-0.15, -0.1) is 0 Å². The number of hydrogen-bond acceptors (Lipinski definition) is 4. The highest BCUT2D eigenvalue weighted by atomic mass is 15.4. The minimum Gasteiger partial charge on any atom is -0.333 e. The first kappa shape index (κ1) is 15.8. The molecule has 0 fully saturated rings. The molecule has 1 aliphatic rings. The van der Waals surface area contributed by atoms with Gasteiger partial charge in [0.25, 0.3) is 0 Å². The van der Waals surface area contributed by atoms with Gasteiger partial charge < -0.3 is 15.2 Å². The van der Waals surface area contributed by atoms with Gasteiger partial charge in [0, 0.05) is 36.9 Å². The van der Waals surface area contributed by atoms with Gasteiger partial charge in [0.05, 0.1) is 5.57 Å². The Morgan fingerprint density at radius 3 is 2.17 bits per heavy atom. The van der Waals surface area contributed by atoms with Crippen molar-refractivity contribution in [2.45, 2.75) is 13.8 Å². The second-order valence-corrected chi connectivity index (χ2v) is 6.06. The molecule has 24 heavy (non-hydrogen) atoms. The zero-order valence-electron chi connectivity index (χ0n) is 14.4. The number of rotatable bonds is 1. The molecule has 0 saturated heterocycles. The van der Waals surface area contributed by atoms with Gasteiger partial charge in [-0.3, -0.25) is 0 Å². The lowest BCUT2D eigenvalue weighted by Gasteiger charge is -2.20. The number of benzene rings is 2. The lowest BCUT2D eigenvalue weighted by Crippen LogP contribution is -2.25. The Labute approximate surface area is 141 Å². The standard InChI is InChI=1S/C20H20N4/c1-13-14(2)24(4)20(23(13)3)18-8-7-15-9-17(19(11-21)12-22)6-5-16(15)10-18/h5-11,21H,1-4H3/b19-17+,21-11?. The van der Waals surface area contributed by atoms with E-state index >= 15 is 0 Å². The summed E-state index contributed by atoms with van der Waals surface area (Å²) in [4.78, 5) is 4.42. The van der Waals surface area contributed by atoms with Crippen molar-refractivity contribution in [2.24, 2.45) is 0 Å². The molecular formula is C20H20N4. The lowest BCUT2D eigenvalue weighted by atomic mass is 10.1. The van der Waals surface area contributed by atoms with E-state index in [2.05, 4.69) is 62.0 Å². The minimum atomic E-state index is 0.376. The Balaban J connectivity index is 2.24. The van der Waals surface area contributed by atoms with E-state index in [4.69, 9.17) is 10.7 Å². The number of nitriles is 1. The van der Waals surface area contributed by atoms with Crippen molar-refractivity contribution in [1.82, 2.24) is 9.80 Å². The van der Waals surface area contributed by atoms with E-state index in [1.807, 2.05) is 18.2 Å². The van der Waals surface area contributed by atoms with Crippen molar-refractivity contribution in [1.29, 1.82) is 10.7 Å². The molecule has 2 aromatic carbocycles. The third kappa shape index (κ3) is 2.35. The molecule has 0 atom stereocenters. The van der Waals surface area contributed by atoms with Crippen molar-refractivity contribution < 1.29 is 0 Å². The molecule has 2 aromatic rings. The summed E-state index contributed by atoms with van der Waals surface area (Å²) in [7, 11) is 4.17. The van der Waals surface area contributed by atoms with Crippen LogP contribution >= 0.6 is 0 Å². The van der Waals surface area contributed by atoms with E-state index in [1.165, 1.54) is 17.2 Å². The van der Waals surface area contributed by atoms with Crippen molar-refractivity contribution in [3.8, 4) is 6.07 Å². The predicted octanol–water partition coefficient (Wildman–Crippen LogP) is 2.36. The van der Waals surface area contributed by atoms with Crippen LogP contribution in [0.15, 0.2) is 47.8 Å². The van der Waals surface area contributed by atoms with Gasteiger partial charge in [0.15, 0.2) is 0 Å². The van der Waals surface area contributed by atoms with Crippen LogP contribution in [0.5, 0.6) is 0 Å². The molecule has 0 aromatic heterocycles. The second-order valence-electron chi connectivity index (χ2n) is 6.06. The summed E-state index contributed by atoms with van der Waals surface area (Å²) >= 11 is 0. The fourth-order valence-electron chi connectivity index (χ4n) is 3.15. The van der Waals surface area contributed by atoms with Crippen LogP contribution in [-0.2, 0) is 0 Å². The average molecular weight is 316 g/mol. The Morgan fingerprint density at radius 2 is 1.58 bits per heavy atom. The molecule has 0 saturated carbocycles. The maximum absolute atomic E-state index is 9.09. The van der Waals surface area contributed by atoms with Crippen LogP contribution in [-0.4, -0.2) is 30.1 Å². The summed E-state index contributed by atoms with van der Waals surface area (Å²) < 4.78 is 0. The summed E-state index contributed by atoms with van der Waals surface area (Å²) in [6.45, 7) is 4.26. The molecule has 0 radical (unpaired) electrons. The monoisotopic (exact) mass is 316 g/mol. The van der Waals surface area contributed by atoms with Crippen molar-refractivity contribution in [3.05, 3.63) is 58.2 Å². The molecule has 120 valence electrons. The number of fused-ring (bicyclic) bond motifs is 1. The van der Waals surface area contributed by atoms with Crippen LogP contribution in [0.4, 0.5) is 0 Å². The zero-order chi connectivity index (χ0) is 17.4. The molecule has 0 aliphatic carbocycles.